The number of rotatable bonds is 0. The van der Waals surface area contributed by atoms with Gasteiger partial charge in [0.25, 0.3) is 5.92 Å². The fraction of sp³-hybridized carbons (Fsp3) is 0.833. The summed E-state index contributed by atoms with van der Waals surface area (Å²) in [4.78, 5) is 0. The summed E-state index contributed by atoms with van der Waals surface area (Å²) < 4.78 is 25.2. The van der Waals surface area contributed by atoms with Crippen molar-refractivity contribution in [2.45, 2.75) is 12.3 Å². The third kappa shape index (κ3) is 1.24. The molecule has 0 aromatic carbocycles. The lowest BCUT2D eigenvalue weighted by Gasteiger charge is -2.26. The van der Waals surface area contributed by atoms with Crippen molar-refractivity contribution in [1.29, 1.82) is 5.26 Å². The summed E-state index contributed by atoms with van der Waals surface area (Å²) >= 11 is 0. The molecule has 1 atom stereocenters. The maximum Gasteiger partial charge on any atom is 0.275 e. The first-order chi connectivity index (χ1) is 4.67. The highest BCUT2D eigenvalue weighted by Crippen LogP contribution is 2.28. The maximum atomic E-state index is 12.6. The average Bonchev–Trinajstić information content (AvgIpc) is 1.87. The van der Waals surface area contributed by atoms with Gasteiger partial charge in [0.2, 0.25) is 0 Å². The lowest BCUT2D eigenvalue weighted by Crippen LogP contribution is -2.45. The molecule has 1 rings (SSSR count). The van der Waals surface area contributed by atoms with Crippen molar-refractivity contribution < 1.29 is 8.78 Å². The Balaban J connectivity index is 2.62. The zero-order valence-corrected chi connectivity index (χ0v) is 5.40. The molecule has 0 radical (unpaired) electrons. The molecule has 0 bridgehead atoms. The highest BCUT2D eigenvalue weighted by molar-refractivity contribution is 4.97. The number of nitrogens with zero attached hydrogens (tertiary/aromatic N) is 1. The largest absolute Gasteiger partial charge is 0.311 e. The van der Waals surface area contributed by atoms with E-state index in [0.29, 0.717) is 6.54 Å². The third-order valence-electron chi connectivity index (χ3n) is 1.64. The molecule has 1 saturated heterocycles. The zero-order valence-electron chi connectivity index (χ0n) is 5.40. The third-order valence-corrected chi connectivity index (χ3v) is 1.64. The summed E-state index contributed by atoms with van der Waals surface area (Å²) in [6.45, 7) is 0.166. The first-order valence-electron chi connectivity index (χ1n) is 3.15. The average molecular weight is 146 g/mol. The first kappa shape index (κ1) is 7.42. The van der Waals surface area contributed by atoms with Crippen LogP contribution in [0.25, 0.3) is 0 Å². The van der Waals surface area contributed by atoms with Gasteiger partial charge in [-0.05, 0) is 13.0 Å². The molecule has 10 heavy (non-hydrogen) atoms. The molecule has 1 unspecified atom stereocenters. The van der Waals surface area contributed by atoms with Gasteiger partial charge in [-0.2, -0.15) is 5.26 Å². The number of halogens is 2. The normalized spacial score (nSPS) is 31.1. The molecule has 1 fully saturated rings. The van der Waals surface area contributed by atoms with Gasteiger partial charge < -0.3 is 5.32 Å². The predicted molar refractivity (Wildman–Crippen MR) is 31.5 cm³/mol. The van der Waals surface area contributed by atoms with E-state index in [2.05, 4.69) is 5.32 Å². The van der Waals surface area contributed by atoms with Crippen LogP contribution in [0.15, 0.2) is 0 Å². The summed E-state index contributed by atoms with van der Waals surface area (Å²) in [6.07, 6.45) is 0.253. The number of nitrogens with one attached hydrogen (secondary N) is 1. The first-order valence-corrected chi connectivity index (χ1v) is 3.15. The number of nitriles is 1. The smallest absolute Gasteiger partial charge is 0.275 e. The molecule has 0 saturated carbocycles. The fourth-order valence-electron chi connectivity index (χ4n) is 0.995. The molecule has 0 spiro atoms. The molecule has 0 amide bonds. The van der Waals surface area contributed by atoms with Crippen LogP contribution in [0.2, 0.25) is 0 Å². The van der Waals surface area contributed by atoms with Gasteiger partial charge in [0, 0.05) is 0 Å². The Morgan fingerprint density at radius 3 is 2.70 bits per heavy atom. The number of piperidine rings is 1. The van der Waals surface area contributed by atoms with E-state index < -0.39 is 11.8 Å². The highest BCUT2D eigenvalue weighted by Gasteiger charge is 2.41. The van der Waals surface area contributed by atoms with E-state index in [1.54, 1.807) is 6.07 Å². The molecule has 2 nitrogen and oxygen atoms in total. The molecule has 1 heterocycles. The summed E-state index contributed by atoms with van der Waals surface area (Å²) in [7, 11) is 0. The van der Waals surface area contributed by atoms with Crippen LogP contribution in [-0.2, 0) is 0 Å². The van der Waals surface area contributed by atoms with Crippen molar-refractivity contribution >= 4 is 0 Å². The van der Waals surface area contributed by atoms with Crippen molar-refractivity contribution in [2.24, 2.45) is 5.92 Å². The number of hydrogen-bond acceptors (Lipinski definition) is 2. The minimum absolute atomic E-state index is 0.253. The van der Waals surface area contributed by atoms with Crippen molar-refractivity contribution in [3.63, 3.8) is 0 Å². The molecule has 0 aromatic rings. The summed E-state index contributed by atoms with van der Waals surface area (Å²) in [5.41, 5.74) is 0. The number of alkyl halides is 2. The van der Waals surface area contributed by atoms with Crippen LogP contribution in [0.3, 0.4) is 0 Å². The van der Waals surface area contributed by atoms with Gasteiger partial charge in [0.1, 0.15) is 5.92 Å². The van der Waals surface area contributed by atoms with Gasteiger partial charge >= 0.3 is 0 Å². The minimum Gasteiger partial charge on any atom is -0.311 e. The monoisotopic (exact) mass is 146 g/mol. The quantitative estimate of drug-likeness (QED) is 0.547. The molecular weight excluding hydrogens is 138 g/mol. The van der Waals surface area contributed by atoms with Crippen molar-refractivity contribution in [3.8, 4) is 6.07 Å². The van der Waals surface area contributed by atoms with Crippen LogP contribution < -0.4 is 5.32 Å². The van der Waals surface area contributed by atoms with E-state index in [9.17, 15) is 8.78 Å². The van der Waals surface area contributed by atoms with E-state index in [4.69, 9.17) is 5.26 Å². The van der Waals surface area contributed by atoms with Crippen LogP contribution in [0.1, 0.15) is 6.42 Å². The standard InChI is InChI=1S/C6H8F2N2/c7-6(8)4-10-2-1-5(6)3-9/h5,10H,1-2,4H2. The Morgan fingerprint density at radius 1 is 1.60 bits per heavy atom. The van der Waals surface area contributed by atoms with Gasteiger partial charge in [-0.3, -0.25) is 0 Å². The Morgan fingerprint density at radius 2 is 2.30 bits per heavy atom. The van der Waals surface area contributed by atoms with Crippen LogP contribution in [-0.4, -0.2) is 19.0 Å². The maximum absolute atomic E-state index is 12.6. The SMILES string of the molecule is N#CC1CCNCC1(F)F. The highest BCUT2D eigenvalue weighted by atomic mass is 19.3. The molecule has 0 aromatic heterocycles. The molecule has 1 aliphatic rings. The lowest BCUT2D eigenvalue weighted by atomic mass is 9.96. The topological polar surface area (TPSA) is 35.8 Å². The number of hydrogen-bond donors (Lipinski definition) is 1. The van der Waals surface area contributed by atoms with E-state index in [-0.39, 0.29) is 13.0 Å². The Kier molecular flexibility index (Phi) is 1.86. The minimum atomic E-state index is -2.83. The van der Waals surface area contributed by atoms with Gasteiger partial charge in [-0.25, -0.2) is 8.78 Å². The van der Waals surface area contributed by atoms with Gasteiger partial charge in [0.05, 0.1) is 12.6 Å². The molecule has 4 heteroatoms. The summed E-state index contributed by atoms with van der Waals surface area (Å²) in [5.74, 6) is -3.92. The molecule has 56 valence electrons. The Bertz CT molecular complexity index is 162. The Labute approximate surface area is 57.8 Å². The van der Waals surface area contributed by atoms with Crippen LogP contribution in [0, 0.1) is 17.2 Å². The van der Waals surface area contributed by atoms with Crippen LogP contribution >= 0.6 is 0 Å². The van der Waals surface area contributed by atoms with Gasteiger partial charge in [0.15, 0.2) is 0 Å². The van der Waals surface area contributed by atoms with E-state index in [1.807, 2.05) is 0 Å². The second-order valence-corrected chi connectivity index (χ2v) is 2.41. The molecular formula is C6H8F2N2. The predicted octanol–water partition coefficient (Wildman–Crippen LogP) is 0.755. The van der Waals surface area contributed by atoms with Crippen molar-refractivity contribution in [2.75, 3.05) is 13.1 Å². The van der Waals surface area contributed by atoms with Gasteiger partial charge in [-0.1, -0.05) is 0 Å². The van der Waals surface area contributed by atoms with Crippen molar-refractivity contribution in [3.05, 3.63) is 0 Å². The van der Waals surface area contributed by atoms with Crippen LogP contribution in [0.4, 0.5) is 8.78 Å². The summed E-state index contributed by atoms with van der Waals surface area (Å²) in [6, 6.07) is 1.60. The molecule has 1 N–H and O–H groups in total. The summed E-state index contributed by atoms with van der Waals surface area (Å²) in [5, 5.41) is 10.8. The zero-order chi connectivity index (χ0) is 7.61. The Hall–Kier alpha value is -0.690. The van der Waals surface area contributed by atoms with Gasteiger partial charge in [-0.15, -0.1) is 0 Å². The second kappa shape index (κ2) is 2.51. The molecule has 1 aliphatic heterocycles. The van der Waals surface area contributed by atoms with E-state index in [1.165, 1.54) is 0 Å². The van der Waals surface area contributed by atoms with Crippen LogP contribution in [0.5, 0.6) is 0 Å². The van der Waals surface area contributed by atoms with E-state index in [0.717, 1.165) is 0 Å². The van der Waals surface area contributed by atoms with Crippen molar-refractivity contribution in [1.82, 2.24) is 5.32 Å². The van der Waals surface area contributed by atoms with E-state index >= 15 is 0 Å². The fourth-order valence-corrected chi connectivity index (χ4v) is 0.995. The molecule has 0 aliphatic carbocycles. The second-order valence-electron chi connectivity index (χ2n) is 2.41. The lowest BCUT2D eigenvalue weighted by molar-refractivity contribution is -0.0518.